The SMILES string of the molecule is O=C(Nc1ccccc1NC(=O)[C@@H]1CCCN1Cc1ccccc1)[C@@H]1CCCN1Cc1ccccc1. The van der Waals surface area contributed by atoms with Gasteiger partial charge in [0.2, 0.25) is 11.8 Å². The van der Waals surface area contributed by atoms with Crippen LogP contribution in [0.4, 0.5) is 11.4 Å². The average Bonchev–Trinajstić information content (AvgIpc) is 3.56. The van der Waals surface area contributed by atoms with E-state index >= 15 is 0 Å². The van der Waals surface area contributed by atoms with E-state index in [2.05, 4.69) is 44.7 Å². The number of hydrogen-bond donors (Lipinski definition) is 2. The van der Waals surface area contributed by atoms with E-state index in [1.807, 2.05) is 60.7 Å². The van der Waals surface area contributed by atoms with E-state index in [4.69, 9.17) is 0 Å². The first-order valence-electron chi connectivity index (χ1n) is 12.9. The minimum absolute atomic E-state index is 0.0169. The maximum absolute atomic E-state index is 13.3. The second kappa shape index (κ2) is 11.5. The van der Waals surface area contributed by atoms with Crippen molar-refractivity contribution in [2.75, 3.05) is 23.7 Å². The standard InChI is InChI=1S/C30H34N4O2/c35-29(27-17-9-19-33(27)21-23-11-3-1-4-12-23)31-25-15-7-8-16-26(25)32-30(36)28-18-10-20-34(28)22-24-13-5-2-6-14-24/h1-8,11-16,27-28H,9-10,17-22H2,(H,31,35)(H,32,36)/t27-,28-/m0/s1. The molecule has 2 fully saturated rings. The Balaban J connectivity index is 1.23. The molecule has 0 radical (unpaired) electrons. The summed E-state index contributed by atoms with van der Waals surface area (Å²) in [5.74, 6) is -0.0339. The summed E-state index contributed by atoms with van der Waals surface area (Å²) in [6.07, 6.45) is 3.68. The molecule has 186 valence electrons. The molecule has 0 bridgehead atoms. The maximum atomic E-state index is 13.3. The molecule has 2 saturated heterocycles. The van der Waals surface area contributed by atoms with Crippen molar-refractivity contribution in [2.24, 2.45) is 0 Å². The van der Waals surface area contributed by atoms with Gasteiger partial charge in [0, 0.05) is 13.1 Å². The number of anilines is 2. The zero-order valence-electron chi connectivity index (χ0n) is 20.6. The number of rotatable bonds is 8. The Morgan fingerprint density at radius 3 is 1.42 bits per heavy atom. The molecule has 5 rings (SSSR count). The zero-order valence-corrected chi connectivity index (χ0v) is 20.6. The lowest BCUT2D eigenvalue weighted by molar-refractivity contribution is -0.121. The van der Waals surface area contributed by atoms with Crippen LogP contribution in [0.25, 0.3) is 0 Å². The number of carbonyl (C=O) groups is 2. The Labute approximate surface area is 213 Å². The van der Waals surface area contributed by atoms with Crippen LogP contribution < -0.4 is 10.6 Å². The van der Waals surface area contributed by atoms with E-state index in [0.717, 1.165) is 51.9 Å². The predicted molar refractivity (Wildman–Crippen MR) is 143 cm³/mol. The molecule has 2 aliphatic rings. The molecular formula is C30H34N4O2. The number of amides is 2. The van der Waals surface area contributed by atoms with E-state index in [1.54, 1.807) is 0 Å². The summed E-state index contributed by atoms with van der Waals surface area (Å²) in [6.45, 7) is 3.33. The average molecular weight is 483 g/mol. The van der Waals surface area contributed by atoms with Gasteiger partial charge in [-0.1, -0.05) is 72.8 Å². The van der Waals surface area contributed by atoms with E-state index < -0.39 is 0 Å². The van der Waals surface area contributed by atoms with Crippen LogP contribution in [0.3, 0.4) is 0 Å². The summed E-state index contributed by atoms with van der Waals surface area (Å²) < 4.78 is 0. The highest BCUT2D eigenvalue weighted by Crippen LogP contribution is 2.27. The largest absolute Gasteiger partial charge is 0.323 e. The highest BCUT2D eigenvalue weighted by Gasteiger charge is 2.32. The van der Waals surface area contributed by atoms with Gasteiger partial charge >= 0.3 is 0 Å². The summed E-state index contributed by atoms with van der Waals surface area (Å²) in [5.41, 5.74) is 3.72. The third kappa shape index (κ3) is 5.83. The van der Waals surface area contributed by atoms with Gasteiger partial charge in [-0.05, 0) is 62.0 Å². The molecule has 36 heavy (non-hydrogen) atoms. The molecule has 3 aromatic rings. The van der Waals surface area contributed by atoms with Gasteiger partial charge in [0.25, 0.3) is 0 Å². The Morgan fingerprint density at radius 2 is 1.00 bits per heavy atom. The molecule has 2 heterocycles. The van der Waals surface area contributed by atoms with Crippen LogP contribution in [0.1, 0.15) is 36.8 Å². The fourth-order valence-electron chi connectivity index (χ4n) is 5.39. The quantitative estimate of drug-likeness (QED) is 0.480. The van der Waals surface area contributed by atoms with E-state index in [9.17, 15) is 9.59 Å². The fraction of sp³-hybridized carbons (Fsp3) is 0.333. The summed E-state index contributed by atoms with van der Waals surface area (Å²) in [5, 5.41) is 6.21. The number of carbonyl (C=O) groups excluding carboxylic acids is 2. The van der Waals surface area contributed by atoms with Crippen molar-refractivity contribution in [1.29, 1.82) is 0 Å². The molecule has 3 aromatic carbocycles. The van der Waals surface area contributed by atoms with Gasteiger partial charge < -0.3 is 10.6 Å². The van der Waals surface area contributed by atoms with Crippen molar-refractivity contribution in [2.45, 2.75) is 50.9 Å². The third-order valence-corrected chi connectivity index (χ3v) is 7.23. The second-order valence-corrected chi connectivity index (χ2v) is 9.75. The topological polar surface area (TPSA) is 64.7 Å². The lowest BCUT2D eigenvalue weighted by atomic mass is 10.1. The van der Waals surface area contributed by atoms with Gasteiger partial charge in [0.05, 0.1) is 23.5 Å². The first-order chi connectivity index (χ1) is 17.7. The first-order valence-corrected chi connectivity index (χ1v) is 12.9. The molecule has 6 nitrogen and oxygen atoms in total. The monoisotopic (exact) mass is 482 g/mol. The zero-order chi connectivity index (χ0) is 24.7. The van der Waals surface area contributed by atoms with E-state index in [1.165, 1.54) is 11.1 Å². The number of hydrogen-bond acceptors (Lipinski definition) is 4. The van der Waals surface area contributed by atoms with Crippen molar-refractivity contribution in [1.82, 2.24) is 9.80 Å². The van der Waals surface area contributed by atoms with Crippen LogP contribution in [-0.4, -0.2) is 46.8 Å². The number of likely N-dealkylation sites (tertiary alicyclic amines) is 2. The lowest BCUT2D eigenvalue weighted by Gasteiger charge is -2.25. The molecular weight excluding hydrogens is 448 g/mol. The summed E-state index contributed by atoms with van der Waals surface area (Å²) in [4.78, 5) is 31.1. The first kappa shape index (κ1) is 24.2. The summed E-state index contributed by atoms with van der Waals surface area (Å²) >= 11 is 0. The van der Waals surface area contributed by atoms with Crippen LogP contribution in [0.2, 0.25) is 0 Å². The molecule has 0 aliphatic carbocycles. The second-order valence-electron chi connectivity index (χ2n) is 9.75. The molecule has 0 unspecified atom stereocenters. The van der Waals surface area contributed by atoms with Gasteiger partial charge in [0.15, 0.2) is 0 Å². The predicted octanol–water partition coefficient (Wildman–Crippen LogP) is 4.89. The molecule has 0 aromatic heterocycles. The number of nitrogens with zero attached hydrogens (tertiary/aromatic N) is 2. The van der Waals surface area contributed by atoms with Crippen LogP contribution in [0.15, 0.2) is 84.9 Å². The highest BCUT2D eigenvalue weighted by atomic mass is 16.2. The number of benzene rings is 3. The summed E-state index contributed by atoms with van der Waals surface area (Å²) in [6, 6.07) is 27.7. The Hall–Kier alpha value is -3.48. The minimum atomic E-state index is -0.176. The Bertz CT molecular complexity index is 1080. The Morgan fingerprint density at radius 1 is 0.611 bits per heavy atom. The van der Waals surface area contributed by atoms with Crippen molar-refractivity contribution in [3.05, 3.63) is 96.1 Å². The highest BCUT2D eigenvalue weighted by molar-refractivity contribution is 6.02. The van der Waals surface area contributed by atoms with Crippen molar-refractivity contribution < 1.29 is 9.59 Å². The molecule has 6 heteroatoms. The molecule has 2 atom stereocenters. The molecule has 2 aliphatic heterocycles. The normalized spacial score (nSPS) is 20.3. The van der Waals surface area contributed by atoms with Crippen LogP contribution >= 0.6 is 0 Å². The van der Waals surface area contributed by atoms with E-state index in [-0.39, 0.29) is 23.9 Å². The molecule has 2 amide bonds. The summed E-state index contributed by atoms with van der Waals surface area (Å²) in [7, 11) is 0. The smallest absolute Gasteiger partial charge is 0.241 e. The van der Waals surface area contributed by atoms with Crippen molar-refractivity contribution >= 4 is 23.2 Å². The van der Waals surface area contributed by atoms with Crippen LogP contribution in [0.5, 0.6) is 0 Å². The molecule has 0 spiro atoms. The molecule has 0 saturated carbocycles. The van der Waals surface area contributed by atoms with Gasteiger partial charge in [-0.3, -0.25) is 19.4 Å². The van der Waals surface area contributed by atoms with Crippen molar-refractivity contribution in [3.63, 3.8) is 0 Å². The van der Waals surface area contributed by atoms with Crippen LogP contribution in [0, 0.1) is 0 Å². The van der Waals surface area contributed by atoms with Crippen molar-refractivity contribution in [3.8, 4) is 0 Å². The van der Waals surface area contributed by atoms with Gasteiger partial charge in [0.1, 0.15) is 0 Å². The Kier molecular flexibility index (Phi) is 7.74. The van der Waals surface area contributed by atoms with Gasteiger partial charge in [-0.15, -0.1) is 0 Å². The maximum Gasteiger partial charge on any atom is 0.241 e. The fourth-order valence-corrected chi connectivity index (χ4v) is 5.39. The minimum Gasteiger partial charge on any atom is -0.323 e. The van der Waals surface area contributed by atoms with E-state index in [0.29, 0.717) is 11.4 Å². The number of nitrogens with one attached hydrogen (secondary N) is 2. The number of para-hydroxylation sites is 2. The van der Waals surface area contributed by atoms with Gasteiger partial charge in [-0.2, -0.15) is 0 Å². The third-order valence-electron chi connectivity index (χ3n) is 7.23. The lowest BCUT2D eigenvalue weighted by Crippen LogP contribution is -2.40. The van der Waals surface area contributed by atoms with Crippen LogP contribution in [-0.2, 0) is 22.7 Å². The molecule has 2 N–H and O–H groups in total. The van der Waals surface area contributed by atoms with Gasteiger partial charge in [-0.25, -0.2) is 0 Å².